The van der Waals surface area contributed by atoms with E-state index in [1.165, 1.54) is 12.1 Å². The quantitative estimate of drug-likeness (QED) is 0.590. The Labute approximate surface area is 182 Å². The summed E-state index contributed by atoms with van der Waals surface area (Å²) in [4.78, 5) is 17.4. The van der Waals surface area contributed by atoms with Crippen molar-refractivity contribution in [3.8, 4) is 17.0 Å². The normalized spacial score (nSPS) is 15.7. The third kappa shape index (κ3) is 6.00. The van der Waals surface area contributed by atoms with E-state index in [1.807, 2.05) is 13.8 Å². The van der Waals surface area contributed by atoms with E-state index in [0.29, 0.717) is 43.4 Å². The summed E-state index contributed by atoms with van der Waals surface area (Å²) in [5.41, 5.74) is -0.540. The molecule has 1 aromatic carbocycles. The Morgan fingerprint density at radius 3 is 2.48 bits per heavy atom. The average molecular weight is 433 g/mol. The van der Waals surface area contributed by atoms with Gasteiger partial charge in [0, 0.05) is 12.1 Å². The number of hydrogen-bond donors (Lipinski definition) is 1. The number of piperidine rings is 1. The molecule has 1 N–H and O–H groups in total. The van der Waals surface area contributed by atoms with Crippen molar-refractivity contribution in [1.82, 2.24) is 9.88 Å². The van der Waals surface area contributed by atoms with Crippen molar-refractivity contribution in [2.75, 3.05) is 26.2 Å². The van der Waals surface area contributed by atoms with Gasteiger partial charge in [0.1, 0.15) is 17.2 Å². The molecule has 2 heterocycles. The summed E-state index contributed by atoms with van der Waals surface area (Å²) in [6, 6.07) is 7.16. The molecule has 31 heavy (non-hydrogen) atoms. The number of alkyl halides is 1. The monoisotopic (exact) mass is 432 g/mol. The molecule has 5 nitrogen and oxygen atoms in total. The average Bonchev–Trinajstić information content (AvgIpc) is 2.79. The number of aromatic carboxylic acids is 1. The molecule has 1 saturated heterocycles. The second-order valence-electron chi connectivity index (χ2n) is 8.27. The fourth-order valence-electron chi connectivity index (χ4n) is 3.88. The summed E-state index contributed by atoms with van der Waals surface area (Å²) in [6.45, 7) is 6.64. The van der Waals surface area contributed by atoms with Crippen molar-refractivity contribution < 1.29 is 23.4 Å². The second-order valence-corrected chi connectivity index (χ2v) is 8.27. The number of carboxylic acids is 1. The van der Waals surface area contributed by atoms with Gasteiger partial charge in [0.05, 0.1) is 24.1 Å². The summed E-state index contributed by atoms with van der Waals surface area (Å²) in [5, 5.41) is 8.94. The lowest BCUT2D eigenvalue weighted by Crippen LogP contribution is -2.44. The molecular weight excluding hydrogens is 402 g/mol. The summed E-state index contributed by atoms with van der Waals surface area (Å²) < 4.78 is 34.7. The fraction of sp³-hybridized carbons (Fsp3) is 0.500. The maximum Gasteiger partial charge on any atom is 0.335 e. The van der Waals surface area contributed by atoms with Gasteiger partial charge in [-0.15, -0.1) is 0 Å². The van der Waals surface area contributed by atoms with Gasteiger partial charge in [-0.3, -0.25) is 4.98 Å². The second kappa shape index (κ2) is 10.2. The van der Waals surface area contributed by atoms with Gasteiger partial charge in [0.25, 0.3) is 0 Å². The minimum atomic E-state index is -1.17. The predicted molar refractivity (Wildman–Crippen MR) is 116 cm³/mol. The van der Waals surface area contributed by atoms with Crippen LogP contribution in [0, 0.1) is 11.7 Å². The molecule has 1 aromatic heterocycles. The van der Waals surface area contributed by atoms with Gasteiger partial charge in [-0.1, -0.05) is 13.8 Å². The molecule has 0 spiro atoms. The van der Waals surface area contributed by atoms with Crippen LogP contribution in [-0.4, -0.2) is 52.9 Å². The van der Waals surface area contributed by atoms with Crippen molar-refractivity contribution in [1.29, 1.82) is 0 Å². The van der Waals surface area contributed by atoms with Crippen LogP contribution in [0.15, 0.2) is 36.5 Å². The van der Waals surface area contributed by atoms with E-state index in [1.54, 1.807) is 18.3 Å². The van der Waals surface area contributed by atoms with Gasteiger partial charge in [-0.05, 0) is 75.0 Å². The first-order chi connectivity index (χ1) is 14.8. The Morgan fingerprint density at radius 1 is 1.23 bits per heavy atom. The summed E-state index contributed by atoms with van der Waals surface area (Å²) in [5.74, 6) is -0.785. The van der Waals surface area contributed by atoms with Crippen LogP contribution >= 0.6 is 0 Å². The number of pyridine rings is 1. The van der Waals surface area contributed by atoms with E-state index < -0.39 is 17.5 Å². The van der Waals surface area contributed by atoms with Crippen molar-refractivity contribution in [3.05, 3.63) is 47.9 Å². The van der Waals surface area contributed by atoms with Gasteiger partial charge >= 0.3 is 5.97 Å². The van der Waals surface area contributed by atoms with Gasteiger partial charge in [-0.2, -0.15) is 0 Å². The SMILES string of the molecule is CCC(F)(CC)CN1CCC(COc2ccc(-c3ccc(C(=O)O)cc3F)nc2)CC1. The highest BCUT2D eigenvalue weighted by molar-refractivity contribution is 5.88. The van der Waals surface area contributed by atoms with Crippen LogP contribution in [0.2, 0.25) is 0 Å². The zero-order valence-electron chi connectivity index (χ0n) is 18.1. The lowest BCUT2D eigenvalue weighted by molar-refractivity contribution is 0.0568. The van der Waals surface area contributed by atoms with Gasteiger partial charge in [-0.25, -0.2) is 13.6 Å². The van der Waals surface area contributed by atoms with E-state index >= 15 is 0 Å². The maximum absolute atomic E-state index is 14.6. The first-order valence-electron chi connectivity index (χ1n) is 10.9. The van der Waals surface area contributed by atoms with Crippen molar-refractivity contribution in [3.63, 3.8) is 0 Å². The summed E-state index contributed by atoms with van der Waals surface area (Å²) in [6.07, 6.45) is 4.58. The van der Waals surface area contributed by atoms with Gasteiger partial charge in [0.15, 0.2) is 0 Å². The molecule has 1 fully saturated rings. The molecule has 3 rings (SSSR count). The number of ether oxygens (including phenoxy) is 1. The van der Waals surface area contributed by atoms with E-state index in [9.17, 15) is 13.6 Å². The number of carboxylic acid groups (broad SMARTS) is 1. The molecule has 168 valence electrons. The Kier molecular flexibility index (Phi) is 7.59. The third-order valence-electron chi connectivity index (χ3n) is 6.20. The van der Waals surface area contributed by atoms with Crippen molar-refractivity contribution >= 4 is 5.97 Å². The number of carbonyl (C=O) groups is 1. The molecule has 0 radical (unpaired) electrons. The standard InChI is InChI=1S/C24H30F2N2O3/c1-3-24(26,4-2)16-28-11-9-17(10-12-28)15-31-19-6-8-22(27-14-19)20-7-5-18(23(29)30)13-21(20)25/h5-8,13-14,17H,3-4,9-12,15-16H2,1-2H3,(H,29,30). The zero-order valence-corrected chi connectivity index (χ0v) is 18.1. The molecule has 1 aliphatic heterocycles. The van der Waals surface area contributed by atoms with E-state index in [2.05, 4.69) is 9.88 Å². The molecule has 2 aromatic rings. The van der Waals surface area contributed by atoms with Crippen LogP contribution < -0.4 is 4.74 Å². The van der Waals surface area contributed by atoms with Gasteiger partial charge in [0.2, 0.25) is 0 Å². The summed E-state index contributed by atoms with van der Waals surface area (Å²) >= 11 is 0. The van der Waals surface area contributed by atoms with Crippen molar-refractivity contribution in [2.45, 2.75) is 45.2 Å². The van der Waals surface area contributed by atoms with E-state index in [-0.39, 0.29) is 11.1 Å². The van der Waals surface area contributed by atoms with Crippen LogP contribution in [0.4, 0.5) is 8.78 Å². The Morgan fingerprint density at radius 2 is 1.94 bits per heavy atom. The molecule has 0 atom stereocenters. The highest BCUT2D eigenvalue weighted by Gasteiger charge is 2.30. The minimum absolute atomic E-state index is 0.103. The first kappa shape index (κ1) is 23.1. The van der Waals surface area contributed by atoms with Crippen LogP contribution in [0.1, 0.15) is 49.9 Å². The number of aromatic nitrogens is 1. The number of hydrogen-bond acceptors (Lipinski definition) is 4. The lowest BCUT2D eigenvalue weighted by Gasteiger charge is -2.36. The molecule has 0 unspecified atom stereocenters. The molecule has 0 bridgehead atoms. The highest BCUT2D eigenvalue weighted by atomic mass is 19.1. The van der Waals surface area contributed by atoms with Crippen LogP contribution in [-0.2, 0) is 0 Å². The number of likely N-dealkylation sites (tertiary alicyclic amines) is 1. The zero-order chi connectivity index (χ0) is 22.4. The van der Waals surface area contributed by atoms with E-state index in [4.69, 9.17) is 9.84 Å². The topological polar surface area (TPSA) is 62.7 Å². The van der Waals surface area contributed by atoms with Crippen molar-refractivity contribution in [2.24, 2.45) is 5.92 Å². The maximum atomic E-state index is 14.6. The molecule has 0 amide bonds. The minimum Gasteiger partial charge on any atom is -0.492 e. The largest absolute Gasteiger partial charge is 0.492 e. The number of benzene rings is 1. The first-order valence-corrected chi connectivity index (χ1v) is 10.9. The lowest BCUT2D eigenvalue weighted by atomic mass is 9.94. The number of halogens is 2. The van der Waals surface area contributed by atoms with Gasteiger partial charge < -0.3 is 14.7 Å². The third-order valence-corrected chi connectivity index (χ3v) is 6.20. The molecular formula is C24H30F2N2O3. The number of rotatable bonds is 9. The molecule has 0 saturated carbocycles. The highest BCUT2D eigenvalue weighted by Crippen LogP contribution is 2.27. The van der Waals surface area contributed by atoms with Crippen LogP contribution in [0.5, 0.6) is 5.75 Å². The fourth-order valence-corrected chi connectivity index (χ4v) is 3.88. The molecule has 1 aliphatic rings. The van der Waals surface area contributed by atoms with Crippen LogP contribution in [0.3, 0.4) is 0 Å². The Hall–Kier alpha value is -2.54. The molecule has 0 aliphatic carbocycles. The number of nitrogens with zero attached hydrogens (tertiary/aromatic N) is 2. The summed E-state index contributed by atoms with van der Waals surface area (Å²) in [7, 11) is 0. The van der Waals surface area contributed by atoms with E-state index in [0.717, 1.165) is 32.0 Å². The van der Waals surface area contributed by atoms with Crippen LogP contribution in [0.25, 0.3) is 11.3 Å². The Bertz CT molecular complexity index is 877. The Balaban J connectivity index is 1.50. The smallest absolute Gasteiger partial charge is 0.335 e. The predicted octanol–water partition coefficient (Wildman–Crippen LogP) is 5.21. The molecule has 7 heteroatoms.